The maximum absolute atomic E-state index is 14.8. The molecule has 8 heteroatoms. The minimum atomic E-state index is -4.08. The van der Waals surface area contributed by atoms with Gasteiger partial charge in [0.05, 0.1) is 17.5 Å². The van der Waals surface area contributed by atoms with E-state index in [0.717, 1.165) is 11.1 Å². The van der Waals surface area contributed by atoms with E-state index in [9.17, 15) is 17.2 Å². The Morgan fingerprint density at radius 1 is 0.968 bits per heavy atom. The first-order valence-corrected chi connectivity index (χ1v) is 11.5. The molecule has 3 aromatic rings. The number of ether oxygens (including phenoxy) is 1. The molecule has 0 aliphatic heterocycles. The van der Waals surface area contributed by atoms with Gasteiger partial charge in [-0.15, -0.1) is 0 Å². The van der Waals surface area contributed by atoms with Gasteiger partial charge in [-0.25, -0.2) is 12.8 Å². The van der Waals surface area contributed by atoms with Crippen molar-refractivity contribution >= 4 is 21.6 Å². The van der Waals surface area contributed by atoms with E-state index in [-0.39, 0.29) is 22.8 Å². The molecule has 0 N–H and O–H groups in total. The molecule has 1 aliphatic carbocycles. The van der Waals surface area contributed by atoms with Crippen LogP contribution in [0.25, 0.3) is 0 Å². The van der Waals surface area contributed by atoms with Gasteiger partial charge in [-0.3, -0.25) is 0 Å². The number of sulfonamides is 1. The van der Waals surface area contributed by atoms with Gasteiger partial charge in [0.25, 0.3) is 0 Å². The van der Waals surface area contributed by atoms with Crippen molar-refractivity contribution in [2.75, 3.05) is 7.11 Å². The van der Waals surface area contributed by atoms with Gasteiger partial charge in [0.15, 0.2) is 11.6 Å². The summed E-state index contributed by atoms with van der Waals surface area (Å²) in [7, 11) is -2.84. The molecule has 0 unspecified atom stereocenters. The molecular weight excluding hydrogens is 444 g/mol. The van der Waals surface area contributed by atoms with Gasteiger partial charge in [-0.2, -0.15) is 8.70 Å². The van der Waals surface area contributed by atoms with Crippen molar-refractivity contribution in [1.82, 2.24) is 4.31 Å². The summed E-state index contributed by atoms with van der Waals surface area (Å²) < 4.78 is 62.7. The summed E-state index contributed by atoms with van der Waals surface area (Å²) >= 11 is 5.93. The minimum Gasteiger partial charge on any atom is -0.494 e. The molecule has 0 amide bonds. The Bertz CT molecular complexity index is 1220. The second kappa shape index (κ2) is 7.89. The highest BCUT2D eigenvalue weighted by Crippen LogP contribution is 2.56. The number of methoxy groups -OCH3 is 1. The van der Waals surface area contributed by atoms with Crippen LogP contribution in [-0.4, -0.2) is 19.8 Å². The number of rotatable bonds is 7. The normalized spacial score (nSPS) is 14.4. The second-order valence-electron chi connectivity index (χ2n) is 7.28. The highest BCUT2D eigenvalue weighted by molar-refractivity contribution is 7.89. The average Bonchev–Trinajstić information content (AvgIpc) is 3.43. The fourth-order valence-corrected chi connectivity index (χ4v) is 6.01. The lowest BCUT2D eigenvalue weighted by molar-refractivity contribution is 0.265. The van der Waals surface area contributed by atoms with Crippen molar-refractivity contribution in [2.45, 2.75) is 30.3 Å². The fourth-order valence-electron chi connectivity index (χ4n) is 4.10. The summed E-state index contributed by atoms with van der Waals surface area (Å²) in [6, 6.07) is 15.8. The molecule has 0 aromatic heterocycles. The van der Waals surface area contributed by atoms with Gasteiger partial charge in [0.1, 0.15) is 0 Å². The Balaban J connectivity index is 1.85. The number of halogens is 3. The third kappa shape index (κ3) is 3.41. The largest absolute Gasteiger partial charge is 0.494 e. The molecule has 162 valence electrons. The SMILES string of the molecule is CCC1(N(Cc2ccc(OC)c(F)c2F)S(=O)(=O)c2ccc(Cl)cc2)c2ccccc21. The lowest BCUT2D eigenvalue weighted by Gasteiger charge is -2.31. The van der Waals surface area contributed by atoms with Gasteiger partial charge in [0, 0.05) is 17.1 Å². The van der Waals surface area contributed by atoms with Crippen LogP contribution in [0.4, 0.5) is 8.78 Å². The van der Waals surface area contributed by atoms with E-state index in [2.05, 4.69) is 0 Å². The van der Waals surface area contributed by atoms with Crippen LogP contribution >= 0.6 is 11.6 Å². The van der Waals surface area contributed by atoms with Crippen LogP contribution in [0.2, 0.25) is 5.02 Å². The quantitative estimate of drug-likeness (QED) is 0.466. The zero-order valence-electron chi connectivity index (χ0n) is 16.9. The summed E-state index contributed by atoms with van der Waals surface area (Å²) in [5.41, 5.74) is 0.695. The van der Waals surface area contributed by atoms with E-state index >= 15 is 0 Å². The van der Waals surface area contributed by atoms with Gasteiger partial charge in [0.2, 0.25) is 15.8 Å². The summed E-state index contributed by atoms with van der Waals surface area (Å²) in [4.78, 5) is 0.0249. The van der Waals surface area contributed by atoms with E-state index in [0.29, 0.717) is 11.4 Å². The van der Waals surface area contributed by atoms with Crippen molar-refractivity contribution in [2.24, 2.45) is 0 Å². The summed E-state index contributed by atoms with van der Waals surface area (Å²) in [5, 5.41) is 0.397. The van der Waals surface area contributed by atoms with Crippen molar-refractivity contribution in [3.8, 4) is 5.75 Å². The molecule has 0 saturated heterocycles. The molecule has 0 fully saturated rings. The average molecular weight is 464 g/mol. The molecule has 31 heavy (non-hydrogen) atoms. The number of hydrogen-bond acceptors (Lipinski definition) is 3. The van der Waals surface area contributed by atoms with E-state index < -0.39 is 27.2 Å². The maximum atomic E-state index is 14.8. The first-order valence-electron chi connectivity index (χ1n) is 9.66. The predicted molar refractivity (Wildman–Crippen MR) is 115 cm³/mol. The number of nitrogens with zero attached hydrogens (tertiary/aromatic N) is 1. The van der Waals surface area contributed by atoms with Gasteiger partial charge < -0.3 is 4.74 Å². The molecule has 0 spiro atoms. The van der Waals surface area contributed by atoms with E-state index in [4.69, 9.17) is 16.3 Å². The molecule has 0 saturated carbocycles. The Hall–Kier alpha value is -2.48. The van der Waals surface area contributed by atoms with Crippen LogP contribution in [0.5, 0.6) is 5.75 Å². The number of fused-ring (bicyclic) bond motifs is 1. The number of benzene rings is 3. The third-order valence-electron chi connectivity index (χ3n) is 5.76. The van der Waals surface area contributed by atoms with Crippen molar-refractivity contribution < 1.29 is 21.9 Å². The second-order valence-corrected chi connectivity index (χ2v) is 9.58. The molecule has 4 rings (SSSR count). The third-order valence-corrected chi connectivity index (χ3v) is 7.90. The van der Waals surface area contributed by atoms with Crippen molar-refractivity contribution in [1.29, 1.82) is 0 Å². The lowest BCUT2D eigenvalue weighted by Crippen LogP contribution is -2.41. The Kier molecular flexibility index (Phi) is 5.54. The highest BCUT2D eigenvalue weighted by atomic mass is 35.5. The molecule has 4 nitrogen and oxygen atoms in total. The van der Waals surface area contributed by atoms with Crippen LogP contribution in [0.3, 0.4) is 0 Å². The molecule has 0 radical (unpaired) electrons. The molecule has 3 aromatic carbocycles. The van der Waals surface area contributed by atoms with Crippen LogP contribution in [0.15, 0.2) is 65.6 Å². The summed E-state index contributed by atoms with van der Waals surface area (Å²) in [5.74, 6) is -2.53. The molecule has 0 bridgehead atoms. The molecule has 0 atom stereocenters. The first-order chi connectivity index (χ1) is 14.8. The monoisotopic (exact) mass is 463 g/mol. The van der Waals surface area contributed by atoms with Crippen LogP contribution < -0.4 is 4.74 Å². The van der Waals surface area contributed by atoms with Gasteiger partial charge in [-0.05, 0) is 47.9 Å². The minimum absolute atomic E-state index is 0.0249. The Morgan fingerprint density at radius 3 is 2.13 bits per heavy atom. The van der Waals surface area contributed by atoms with Crippen LogP contribution in [0.1, 0.15) is 30.0 Å². The van der Waals surface area contributed by atoms with E-state index in [1.165, 1.54) is 47.8 Å². The Morgan fingerprint density at radius 2 is 1.58 bits per heavy atom. The molecular formula is C23H20ClF2NO3S. The van der Waals surface area contributed by atoms with Crippen molar-refractivity contribution in [3.63, 3.8) is 0 Å². The van der Waals surface area contributed by atoms with Gasteiger partial charge in [-0.1, -0.05) is 48.9 Å². The zero-order chi connectivity index (χ0) is 22.4. The summed E-state index contributed by atoms with van der Waals surface area (Å²) in [6.45, 7) is 1.52. The van der Waals surface area contributed by atoms with Crippen LogP contribution in [0, 0.1) is 11.6 Å². The summed E-state index contributed by atoms with van der Waals surface area (Å²) in [6.07, 6.45) is 0.444. The smallest absolute Gasteiger partial charge is 0.244 e. The maximum Gasteiger partial charge on any atom is 0.244 e. The fraction of sp³-hybridized carbons (Fsp3) is 0.217. The van der Waals surface area contributed by atoms with Crippen LogP contribution in [-0.2, 0) is 22.1 Å². The Labute approximate surface area is 185 Å². The lowest BCUT2D eigenvalue weighted by atomic mass is 10.1. The first kappa shape index (κ1) is 21.7. The van der Waals surface area contributed by atoms with Crippen molar-refractivity contribution in [3.05, 3.63) is 94.0 Å². The zero-order valence-corrected chi connectivity index (χ0v) is 18.5. The molecule has 0 heterocycles. The topological polar surface area (TPSA) is 46.6 Å². The molecule has 1 aliphatic rings. The van der Waals surface area contributed by atoms with E-state index in [1.807, 2.05) is 31.2 Å². The van der Waals surface area contributed by atoms with Gasteiger partial charge >= 0.3 is 0 Å². The highest BCUT2D eigenvalue weighted by Gasteiger charge is 2.57. The predicted octanol–water partition coefficient (Wildman–Crippen LogP) is 5.48. The standard InChI is InChI=1S/C23H20ClF2NO3S/c1-3-23(18-6-4-5-7-19(18)23)27(31(28,29)17-11-9-16(24)10-12-17)14-15-8-13-20(30-2)22(26)21(15)25/h4-13H,3,14H2,1-2H3. The number of hydrogen-bond donors (Lipinski definition) is 0. The van der Waals surface area contributed by atoms with E-state index in [1.54, 1.807) is 0 Å².